The Kier molecular flexibility index (Phi) is 2.97. The van der Waals surface area contributed by atoms with E-state index in [1.54, 1.807) is 12.4 Å². The first-order chi connectivity index (χ1) is 7.33. The number of hydrogen-bond donors (Lipinski definition) is 1. The highest BCUT2D eigenvalue weighted by molar-refractivity contribution is 5.77. The van der Waals surface area contributed by atoms with Crippen LogP contribution < -0.4 is 5.32 Å². The van der Waals surface area contributed by atoms with Gasteiger partial charge in [-0.05, 0) is 30.7 Å². The lowest BCUT2D eigenvalue weighted by Gasteiger charge is -2.17. The van der Waals surface area contributed by atoms with Gasteiger partial charge < -0.3 is 10.1 Å². The van der Waals surface area contributed by atoms with Crippen molar-refractivity contribution in [2.75, 3.05) is 13.7 Å². The van der Waals surface area contributed by atoms with E-state index in [1.807, 2.05) is 12.1 Å². The lowest BCUT2D eigenvalue weighted by Crippen LogP contribution is -2.35. The summed E-state index contributed by atoms with van der Waals surface area (Å²) in [6.45, 7) is 0.854. The highest BCUT2D eigenvalue weighted by atomic mass is 16.5. The molecule has 2 rings (SSSR count). The largest absolute Gasteiger partial charge is 0.468 e. The smallest absolute Gasteiger partial charge is 0.323 e. The lowest BCUT2D eigenvalue weighted by molar-refractivity contribution is -0.143. The minimum Gasteiger partial charge on any atom is -0.468 e. The summed E-state index contributed by atoms with van der Waals surface area (Å²) >= 11 is 0. The maximum absolute atomic E-state index is 11.5. The van der Waals surface area contributed by atoms with Crippen LogP contribution in [0.5, 0.6) is 0 Å². The van der Waals surface area contributed by atoms with Gasteiger partial charge in [0.1, 0.15) is 6.04 Å². The Balaban J connectivity index is 2.18. The topological polar surface area (TPSA) is 51.2 Å². The van der Waals surface area contributed by atoms with Crippen LogP contribution in [0.2, 0.25) is 0 Å². The fourth-order valence-corrected chi connectivity index (χ4v) is 2.05. The molecule has 1 fully saturated rings. The molecule has 1 aliphatic heterocycles. The normalized spacial score (nSPS) is 25.1. The molecule has 0 saturated carbocycles. The third-order valence-corrected chi connectivity index (χ3v) is 2.81. The number of aromatic nitrogens is 1. The zero-order valence-corrected chi connectivity index (χ0v) is 8.64. The molecule has 2 unspecified atom stereocenters. The van der Waals surface area contributed by atoms with Crippen molar-refractivity contribution in [2.24, 2.45) is 0 Å². The monoisotopic (exact) mass is 206 g/mol. The highest BCUT2D eigenvalue weighted by Gasteiger charge is 2.34. The molecule has 2 atom stereocenters. The number of pyridine rings is 1. The van der Waals surface area contributed by atoms with Crippen LogP contribution in [0.1, 0.15) is 17.9 Å². The van der Waals surface area contributed by atoms with Crippen LogP contribution >= 0.6 is 0 Å². The van der Waals surface area contributed by atoms with E-state index in [2.05, 4.69) is 10.3 Å². The minimum absolute atomic E-state index is 0.186. The fraction of sp³-hybridized carbons (Fsp3) is 0.455. The van der Waals surface area contributed by atoms with Crippen LogP contribution in [0.3, 0.4) is 0 Å². The zero-order chi connectivity index (χ0) is 10.7. The van der Waals surface area contributed by atoms with Gasteiger partial charge in [-0.1, -0.05) is 0 Å². The molecule has 15 heavy (non-hydrogen) atoms. The van der Waals surface area contributed by atoms with Crippen molar-refractivity contribution < 1.29 is 9.53 Å². The molecule has 1 N–H and O–H groups in total. The fourth-order valence-electron chi connectivity index (χ4n) is 2.05. The lowest BCUT2D eigenvalue weighted by atomic mass is 9.93. The summed E-state index contributed by atoms with van der Waals surface area (Å²) in [7, 11) is 1.42. The molecule has 2 heterocycles. The number of nitrogens with one attached hydrogen (secondary N) is 1. The predicted octanol–water partition coefficient (Wildman–Crippen LogP) is 0.700. The van der Waals surface area contributed by atoms with Crippen molar-refractivity contribution >= 4 is 5.97 Å². The molecule has 0 aliphatic carbocycles. The Morgan fingerprint density at radius 2 is 2.27 bits per heavy atom. The van der Waals surface area contributed by atoms with E-state index < -0.39 is 0 Å². The van der Waals surface area contributed by atoms with Gasteiger partial charge in [0.25, 0.3) is 0 Å². The summed E-state index contributed by atoms with van der Waals surface area (Å²) in [6.07, 6.45) is 4.47. The van der Waals surface area contributed by atoms with Crippen molar-refractivity contribution in [3.63, 3.8) is 0 Å². The van der Waals surface area contributed by atoms with Crippen LogP contribution in [0.25, 0.3) is 0 Å². The average Bonchev–Trinajstić information content (AvgIpc) is 2.78. The molecule has 1 aromatic heterocycles. The molecule has 4 heteroatoms. The molecule has 1 saturated heterocycles. The van der Waals surface area contributed by atoms with Crippen molar-refractivity contribution in [1.29, 1.82) is 0 Å². The minimum atomic E-state index is -0.211. The molecule has 0 bridgehead atoms. The molecule has 1 aliphatic rings. The van der Waals surface area contributed by atoms with E-state index in [4.69, 9.17) is 4.74 Å². The van der Waals surface area contributed by atoms with Crippen molar-refractivity contribution in [3.05, 3.63) is 30.1 Å². The Labute approximate surface area is 88.7 Å². The highest BCUT2D eigenvalue weighted by Crippen LogP contribution is 2.27. The Hall–Kier alpha value is -1.42. The number of methoxy groups -OCH3 is 1. The van der Waals surface area contributed by atoms with Gasteiger partial charge in [0, 0.05) is 18.3 Å². The van der Waals surface area contributed by atoms with Crippen LogP contribution in [-0.2, 0) is 9.53 Å². The standard InChI is InChI=1S/C11H14N2O2/c1-15-11(14)10-9(4-7-13-10)8-2-5-12-6-3-8/h2-3,5-6,9-10,13H,4,7H2,1H3. The SMILES string of the molecule is COC(=O)C1NCCC1c1ccncc1. The van der Waals surface area contributed by atoms with Gasteiger partial charge >= 0.3 is 5.97 Å². The number of rotatable bonds is 2. The number of nitrogens with zero attached hydrogens (tertiary/aromatic N) is 1. The third-order valence-electron chi connectivity index (χ3n) is 2.81. The van der Waals surface area contributed by atoms with E-state index in [9.17, 15) is 4.79 Å². The first-order valence-corrected chi connectivity index (χ1v) is 5.04. The number of esters is 1. The second-order valence-corrected chi connectivity index (χ2v) is 3.63. The first-order valence-electron chi connectivity index (χ1n) is 5.04. The van der Waals surface area contributed by atoms with Gasteiger partial charge in [-0.25, -0.2) is 0 Å². The van der Waals surface area contributed by atoms with E-state index in [0.717, 1.165) is 18.5 Å². The summed E-state index contributed by atoms with van der Waals surface area (Å²) in [6, 6.07) is 3.69. The van der Waals surface area contributed by atoms with E-state index in [0.29, 0.717) is 0 Å². The summed E-state index contributed by atoms with van der Waals surface area (Å²) in [5, 5.41) is 3.16. The predicted molar refractivity (Wildman–Crippen MR) is 55.4 cm³/mol. The Bertz CT molecular complexity index is 340. The number of carbonyl (C=O) groups excluding carboxylic acids is 1. The van der Waals surface area contributed by atoms with Gasteiger partial charge in [-0.2, -0.15) is 0 Å². The number of ether oxygens (including phenoxy) is 1. The van der Waals surface area contributed by atoms with Crippen LogP contribution in [0.15, 0.2) is 24.5 Å². The maximum Gasteiger partial charge on any atom is 0.323 e. The summed E-state index contributed by atoms with van der Waals surface area (Å²) in [5.74, 6) is 0.0229. The molecule has 0 spiro atoms. The van der Waals surface area contributed by atoms with E-state index in [-0.39, 0.29) is 17.9 Å². The van der Waals surface area contributed by atoms with Gasteiger partial charge in [0.15, 0.2) is 0 Å². The molecule has 80 valence electrons. The zero-order valence-electron chi connectivity index (χ0n) is 8.64. The average molecular weight is 206 g/mol. The van der Waals surface area contributed by atoms with Crippen LogP contribution in [-0.4, -0.2) is 30.6 Å². The third kappa shape index (κ3) is 1.99. The molecule has 0 amide bonds. The second-order valence-electron chi connectivity index (χ2n) is 3.63. The van der Waals surface area contributed by atoms with Gasteiger partial charge in [-0.15, -0.1) is 0 Å². The van der Waals surface area contributed by atoms with Crippen molar-refractivity contribution in [2.45, 2.75) is 18.4 Å². The molecular weight excluding hydrogens is 192 g/mol. The van der Waals surface area contributed by atoms with Gasteiger partial charge in [0.05, 0.1) is 7.11 Å². The van der Waals surface area contributed by atoms with Gasteiger partial charge in [-0.3, -0.25) is 9.78 Å². The van der Waals surface area contributed by atoms with E-state index in [1.165, 1.54) is 7.11 Å². The first kappa shape index (κ1) is 10.1. The summed E-state index contributed by atoms with van der Waals surface area (Å²) < 4.78 is 4.77. The molecular formula is C11H14N2O2. The molecule has 0 aromatic carbocycles. The van der Waals surface area contributed by atoms with Crippen molar-refractivity contribution in [3.8, 4) is 0 Å². The molecule has 1 aromatic rings. The molecule has 4 nitrogen and oxygen atoms in total. The Morgan fingerprint density at radius 3 is 2.93 bits per heavy atom. The van der Waals surface area contributed by atoms with Crippen LogP contribution in [0.4, 0.5) is 0 Å². The quantitative estimate of drug-likeness (QED) is 0.724. The number of hydrogen-bond acceptors (Lipinski definition) is 4. The van der Waals surface area contributed by atoms with Crippen molar-refractivity contribution in [1.82, 2.24) is 10.3 Å². The Morgan fingerprint density at radius 1 is 1.53 bits per heavy atom. The van der Waals surface area contributed by atoms with Gasteiger partial charge in [0.2, 0.25) is 0 Å². The molecule has 0 radical (unpaired) electrons. The summed E-state index contributed by atoms with van der Waals surface area (Å²) in [4.78, 5) is 15.5. The summed E-state index contributed by atoms with van der Waals surface area (Å²) in [5.41, 5.74) is 1.14. The van der Waals surface area contributed by atoms with Crippen LogP contribution in [0, 0.1) is 0 Å². The second kappa shape index (κ2) is 4.40. The maximum atomic E-state index is 11.5. The van der Waals surface area contributed by atoms with E-state index >= 15 is 0 Å². The number of carbonyl (C=O) groups is 1.